The maximum atomic E-state index is 13.9. The normalized spacial score (nSPS) is 12.8. The van der Waals surface area contributed by atoms with Gasteiger partial charge in [-0.15, -0.1) is 0 Å². The Labute approximate surface area is 248 Å². The molecule has 6 aromatic carbocycles. The monoisotopic (exact) mass is 605 g/mol. The van der Waals surface area contributed by atoms with Gasteiger partial charge < -0.3 is 0 Å². The average Bonchev–Trinajstić information content (AvgIpc) is 3.60. The summed E-state index contributed by atoms with van der Waals surface area (Å²) in [7, 11) is 0. The number of nitrogens with zero attached hydrogens (tertiary/aromatic N) is 1. The van der Waals surface area contributed by atoms with E-state index in [4.69, 9.17) is 0 Å². The van der Waals surface area contributed by atoms with E-state index in [9.17, 15) is 9.59 Å². The SMILES string of the molecule is O=C1C(=Cc2ccc(N(c3ccccc3)c3cccc4ccccc34)[se]2)C(=O)c2c1c1ccccc1c1ccccc21. The van der Waals surface area contributed by atoms with Crippen LogP contribution in [0.4, 0.5) is 15.9 Å². The van der Waals surface area contributed by atoms with Gasteiger partial charge in [-0.25, -0.2) is 0 Å². The summed E-state index contributed by atoms with van der Waals surface area (Å²) in [5, 5.41) is 6.01. The van der Waals surface area contributed by atoms with Crippen molar-refractivity contribution in [3.8, 4) is 0 Å². The Morgan fingerprint density at radius 1 is 0.500 bits per heavy atom. The molecule has 3 nitrogen and oxygen atoms in total. The van der Waals surface area contributed by atoms with Gasteiger partial charge in [-0.1, -0.05) is 0 Å². The molecule has 0 bridgehead atoms. The van der Waals surface area contributed by atoms with Crippen molar-refractivity contribution in [3.05, 3.63) is 155 Å². The molecule has 42 heavy (non-hydrogen) atoms. The van der Waals surface area contributed by atoms with Crippen LogP contribution in [-0.2, 0) is 0 Å². The van der Waals surface area contributed by atoms with Crippen LogP contribution in [0.5, 0.6) is 0 Å². The molecule has 0 spiro atoms. The summed E-state index contributed by atoms with van der Waals surface area (Å²) in [5.41, 5.74) is 3.49. The second-order valence-corrected chi connectivity index (χ2v) is 12.7. The first-order chi connectivity index (χ1) is 20.7. The van der Waals surface area contributed by atoms with Crippen LogP contribution in [0.1, 0.15) is 25.2 Å². The number of hydrogen-bond donors (Lipinski definition) is 0. The van der Waals surface area contributed by atoms with E-state index in [-0.39, 0.29) is 31.6 Å². The van der Waals surface area contributed by atoms with Crippen molar-refractivity contribution in [2.75, 3.05) is 4.90 Å². The Hall–Kier alpha value is -5.02. The summed E-state index contributed by atoms with van der Waals surface area (Å²) < 4.78 is 2.14. The molecule has 0 radical (unpaired) electrons. The quantitative estimate of drug-likeness (QED) is 0.0871. The number of allylic oxidation sites excluding steroid dienone is 1. The second kappa shape index (κ2) is 9.81. The van der Waals surface area contributed by atoms with E-state index in [1.807, 2.05) is 72.8 Å². The summed E-state index contributed by atoms with van der Waals surface area (Å²) in [6.45, 7) is 0. The number of carbonyl (C=O) groups is 2. The van der Waals surface area contributed by atoms with Crippen LogP contribution in [0.25, 0.3) is 38.4 Å². The van der Waals surface area contributed by atoms with Crippen LogP contribution < -0.4 is 4.90 Å². The van der Waals surface area contributed by atoms with Crippen molar-refractivity contribution in [3.63, 3.8) is 0 Å². The van der Waals surface area contributed by atoms with Crippen LogP contribution in [0.3, 0.4) is 0 Å². The summed E-state index contributed by atoms with van der Waals surface area (Å²) in [5.74, 6) is -0.368. The van der Waals surface area contributed by atoms with Crippen molar-refractivity contribution in [1.82, 2.24) is 0 Å². The average molecular weight is 605 g/mol. The van der Waals surface area contributed by atoms with E-state index in [2.05, 4.69) is 71.6 Å². The molecule has 0 unspecified atom stereocenters. The molecule has 198 valence electrons. The summed E-state index contributed by atoms with van der Waals surface area (Å²) in [6, 6.07) is 45.1. The molecule has 0 N–H and O–H groups in total. The maximum absolute atomic E-state index is 13.9. The van der Waals surface area contributed by atoms with Crippen molar-refractivity contribution < 1.29 is 9.59 Å². The first kappa shape index (κ1) is 24.7. The second-order valence-electron chi connectivity index (χ2n) is 10.4. The van der Waals surface area contributed by atoms with Crippen LogP contribution in [0, 0.1) is 0 Å². The molecule has 0 fully saturated rings. The van der Waals surface area contributed by atoms with E-state index >= 15 is 0 Å². The molecule has 0 amide bonds. The molecule has 7 aromatic rings. The van der Waals surface area contributed by atoms with E-state index in [0.29, 0.717) is 11.1 Å². The Morgan fingerprint density at radius 2 is 1.05 bits per heavy atom. The summed E-state index contributed by atoms with van der Waals surface area (Å²) in [4.78, 5) is 30.1. The van der Waals surface area contributed by atoms with E-state index in [1.165, 1.54) is 10.8 Å². The third-order valence-corrected chi connectivity index (χ3v) is 10.2. The topological polar surface area (TPSA) is 37.4 Å². The van der Waals surface area contributed by atoms with E-state index in [1.54, 1.807) is 0 Å². The summed E-state index contributed by atoms with van der Waals surface area (Å²) >= 11 is -0.126. The number of ketones is 2. The van der Waals surface area contributed by atoms with Crippen molar-refractivity contribution >= 4 is 80.4 Å². The van der Waals surface area contributed by atoms with Crippen LogP contribution in [0.15, 0.2) is 139 Å². The Bertz CT molecular complexity index is 2160. The third-order valence-electron chi connectivity index (χ3n) is 8.02. The number of benzene rings is 6. The number of carbonyl (C=O) groups excluding carboxylic acids is 2. The Morgan fingerprint density at radius 3 is 1.71 bits per heavy atom. The number of anilines is 3. The van der Waals surface area contributed by atoms with Gasteiger partial charge >= 0.3 is 249 Å². The fourth-order valence-electron chi connectivity index (χ4n) is 6.16. The number of hydrogen-bond acceptors (Lipinski definition) is 3. The van der Waals surface area contributed by atoms with Gasteiger partial charge in [-0.2, -0.15) is 0 Å². The summed E-state index contributed by atoms with van der Waals surface area (Å²) in [6.07, 6.45) is 1.84. The molecular formula is C38H23NO2Se. The minimum atomic E-state index is -0.184. The van der Waals surface area contributed by atoms with Crippen LogP contribution in [-0.4, -0.2) is 26.1 Å². The molecule has 1 aliphatic carbocycles. The van der Waals surface area contributed by atoms with Gasteiger partial charge in [0.05, 0.1) is 0 Å². The van der Waals surface area contributed by atoms with Crippen molar-refractivity contribution in [2.24, 2.45) is 0 Å². The molecule has 0 saturated heterocycles. The molecule has 1 aliphatic rings. The van der Waals surface area contributed by atoms with Gasteiger partial charge in [0.15, 0.2) is 0 Å². The predicted molar refractivity (Wildman–Crippen MR) is 174 cm³/mol. The van der Waals surface area contributed by atoms with Crippen LogP contribution >= 0.6 is 0 Å². The van der Waals surface area contributed by atoms with Crippen molar-refractivity contribution in [2.45, 2.75) is 0 Å². The molecule has 4 heteroatoms. The molecule has 0 aliphatic heterocycles. The molecule has 8 rings (SSSR count). The molecule has 0 saturated carbocycles. The molecule has 0 atom stereocenters. The van der Waals surface area contributed by atoms with Gasteiger partial charge in [-0.05, 0) is 0 Å². The van der Waals surface area contributed by atoms with E-state index in [0.717, 1.165) is 41.9 Å². The minimum absolute atomic E-state index is 0.126. The van der Waals surface area contributed by atoms with Gasteiger partial charge in [0, 0.05) is 0 Å². The zero-order chi connectivity index (χ0) is 28.2. The number of rotatable bonds is 4. The Balaban J connectivity index is 1.27. The zero-order valence-corrected chi connectivity index (χ0v) is 24.2. The molecule has 1 aromatic heterocycles. The van der Waals surface area contributed by atoms with Gasteiger partial charge in [0.25, 0.3) is 0 Å². The standard InChI is InChI=1S/C38H23NO2Se/c40-37-32(38(41)36-31-19-9-7-17-29(31)28-16-6-8-18-30(28)35(36)37)23-26-21-22-34(42-26)39(25-13-2-1-3-14-25)33-20-10-12-24-11-4-5-15-27(24)33/h1-23H. The fraction of sp³-hybridized carbons (Fsp3) is 0. The number of fused-ring (bicyclic) bond motifs is 7. The van der Waals surface area contributed by atoms with Gasteiger partial charge in [-0.3, -0.25) is 0 Å². The fourth-order valence-corrected chi connectivity index (χ4v) is 8.23. The Kier molecular flexibility index (Phi) is 5.78. The zero-order valence-electron chi connectivity index (χ0n) is 22.5. The van der Waals surface area contributed by atoms with Gasteiger partial charge in [0.1, 0.15) is 0 Å². The first-order valence-corrected chi connectivity index (χ1v) is 15.6. The first-order valence-electron chi connectivity index (χ1n) is 13.9. The number of para-hydroxylation sites is 1. The number of Topliss-reactive ketones (excluding diaryl/α,β-unsaturated/α-hetero) is 2. The van der Waals surface area contributed by atoms with Gasteiger partial charge in [0.2, 0.25) is 0 Å². The predicted octanol–water partition coefficient (Wildman–Crippen LogP) is 9.14. The van der Waals surface area contributed by atoms with Crippen LogP contribution in [0.2, 0.25) is 0 Å². The molecule has 1 heterocycles. The third kappa shape index (κ3) is 3.81. The van der Waals surface area contributed by atoms with E-state index < -0.39 is 0 Å². The molecular weight excluding hydrogens is 581 g/mol. The van der Waals surface area contributed by atoms with Crippen molar-refractivity contribution in [1.29, 1.82) is 0 Å².